The summed E-state index contributed by atoms with van der Waals surface area (Å²) in [7, 11) is 0. The maximum absolute atomic E-state index is 10.3. The Bertz CT molecular complexity index is 551. The molecule has 2 atom stereocenters. The Morgan fingerprint density at radius 3 is 2.24 bits per heavy atom. The predicted octanol–water partition coefficient (Wildman–Crippen LogP) is 4.15. The molecule has 0 radical (unpaired) electrons. The van der Waals surface area contributed by atoms with E-state index in [-0.39, 0.29) is 6.04 Å². The summed E-state index contributed by atoms with van der Waals surface area (Å²) in [4.78, 5) is 0. The molecule has 0 heterocycles. The van der Waals surface area contributed by atoms with E-state index in [0.717, 1.165) is 24.0 Å². The van der Waals surface area contributed by atoms with Gasteiger partial charge >= 0.3 is 0 Å². The van der Waals surface area contributed by atoms with Crippen molar-refractivity contribution in [2.45, 2.75) is 38.8 Å². The lowest BCUT2D eigenvalue weighted by Crippen LogP contribution is -2.26. The van der Waals surface area contributed by atoms with Gasteiger partial charge in [0.25, 0.3) is 0 Å². The Balaban J connectivity index is 2.13. The van der Waals surface area contributed by atoms with Crippen molar-refractivity contribution in [1.29, 1.82) is 0 Å². The SMILES string of the molecule is CC(C)CC[C@@H](O)[C@@H](N)c1cccc(-c2ccccc2)c1. The summed E-state index contributed by atoms with van der Waals surface area (Å²) >= 11 is 0. The van der Waals surface area contributed by atoms with Crippen molar-refractivity contribution in [3.8, 4) is 11.1 Å². The van der Waals surface area contributed by atoms with Gasteiger partial charge in [0.15, 0.2) is 0 Å². The van der Waals surface area contributed by atoms with E-state index in [4.69, 9.17) is 5.73 Å². The second kappa shape index (κ2) is 7.39. The summed E-state index contributed by atoms with van der Waals surface area (Å²) in [5.74, 6) is 0.586. The van der Waals surface area contributed by atoms with Crippen LogP contribution in [0.3, 0.4) is 0 Å². The molecule has 21 heavy (non-hydrogen) atoms. The molecule has 112 valence electrons. The van der Waals surface area contributed by atoms with Gasteiger partial charge in [-0.05, 0) is 41.5 Å². The quantitative estimate of drug-likeness (QED) is 0.836. The number of aliphatic hydroxyl groups excluding tert-OH is 1. The van der Waals surface area contributed by atoms with E-state index in [0.29, 0.717) is 5.92 Å². The molecular formula is C19H25NO. The fraction of sp³-hybridized carbons (Fsp3) is 0.368. The van der Waals surface area contributed by atoms with Gasteiger partial charge in [-0.3, -0.25) is 0 Å². The third-order valence-electron chi connectivity index (χ3n) is 3.83. The minimum atomic E-state index is -0.488. The third-order valence-corrected chi connectivity index (χ3v) is 3.83. The fourth-order valence-electron chi connectivity index (χ4n) is 2.46. The molecule has 2 aromatic carbocycles. The van der Waals surface area contributed by atoms with Crippen molar-refractivity contribution < 1.29 is 5.11 Å². The van der Waals surface area contributed by atoms with Gasteiger partial charge < -0.3 is 10.8 Å². The Labute approximate surface area is 127 Å². The molecule has 0 aromatic heterocycles. The Kier molecular flexibility index (Phi) is 5.54. The maximum Gasteiger partial charge on any atom is 0.0732 e. The van der Waals surface area contributed by atoms with Gasteiger partial charge in [0.05, 0.1) is 12.1 Å². The number of rotatable bonds is 6. The average Bonchev–Trinajstić information content (AvgIpc) is 2.52. The van der Waals surface area contributed by atoms with Gasteiger partial charge in [0, 0.05) is 0 Å². The van der Waals surface area contributed by atoms with Crippen molar-refractivity contribution in [2.24, 2.45) is 11.7 Å². The molecule has 0 fully saturated rings. The Hall–Kier alpha value is -1.64. The van der Waals surface area contributed by atoms with E-state index in [1.165, 1.54) is 5.56 Å². The van der Waals surface area contributed by atoms with Crippen LogP contribution in [-0.2, 0) is 0 Å². The summed E-state index contributed by atoms with van der Waals surface area (Å²) in [5.41, 5.74) is 9.52. The smallest absolute Gasteiger partial charge is 0.0732 e. The molecule has 0 saturated heterocycles. The molecule has 2 heteroatoms. The molecular weight excluding hydrogens is 258 g/mol. The highest BCUT2D eigenvalue weighted by Gasteiger charge is 2.17. The minimum absolute atomic E-state index is 0.326. The lowest BCUT2D eigenvalue weighted by atomic mass is 9.94. The summed E-state index contributed by atoms with van der Waals surface area (Å²) in [6, 6.07) is 18.1. The predicted molar refractivity (Wildman–Crippen MR) is 88.9 cm³/mol. The van der Waals surface area contributed by atoms with Crippen molar-refractivity contribution in [1.82, 2.24) is 0 Å². The molecule has 0 aliphatic carbocycles. The molecule has 2 rings (SSSR count). The van der Waals surface area contributed by atoms with Crippen LogP contribution >= 0.6 is 0 Å². The van der Waals surface area contributed by atoms with E-state index >= 15 is 0 Å². The number of aliphatic hydroxyl groups is 1. The second-order valence-electron chi connectivity index (χ2n) is 6.06. The lowest BCUT2D eigenvalue weighted by molar-refractivity contribution is 0.128. The van der Waals surface area contributed by atoms with Crippen LogP contribution in [0.2, 0.25) is 0 Å². The summed E-state index contributed by atoms with van der Waals surface area (Å²) in [6.45, 7) is 4.32. The van der Waals surface area contributed by atoms with Crippen molar-refractivity contribution in [3.05, 3.63) is 60.2 Å². The molecule has 0 aliphatic heterocycles. The third kappa shape index (κ3) is 4.42. The number of hydrogen-bond acceptors (Lipinski definition) is 2. The normalized spacial score (nSPS) is 14.1. The lowest BCUT2D eigenvalue weighted by Gasteiger charge is -2.20. The fourth-order valence-corrected chi connectivity index (χ4v) is 2.46. The van der Waals surface area contributed by atoms with E-state index in [2.05, 4.69) is 38.1 Å². The van der Waals surface area contributed by atoms with Crippen LogP contribution in [0.4, 0.5) is 0 Å². The first-order valence-electron chi connectivity index (χ1n) is 7.67. The highest BCUT2D eigenvalue weighted by molar-refractivity contribution is 5.64. The Morgan fingerprint density at radius 2 is 1.57 bits per heavy atom. The molecule has 0 aliphatic rings. The molecule has 3 N–H and O–H groups in total. The Morgan fingerprint density at radius 1 is 0.905 bits per heavy atom. The van der Waals surface area contributed by atoms with Gasteiger partial charge in [0.2, 0.25) is 0 Å². The zero-order valence-corrected chi connectivity index (χ0v) is 12.9. The minimum Gasteiger partial charge on any atom is -0.391 e. The van der Waals surface area contributed by atoms with Crippen molar-refractivity contribution in [2.75, 3.05) is 0 Å². The standard InChI is InChI=1S/C19H25NO/c1-14(2)11-12-18(21)19(20)17-10-6-9-16(13-17)15-7-4-3-5-8-15/h3-10,13-14,18-19,21H,11-12,20H2,1-2H3/t18-,19+/m1/s1. The molecule has 2 nitrogen and oxygen atoms in total. The van der Waals surface area contributed by atoms with Gasteiger partial charge in [-0.25, -0.2) is 0 Å². The van der Waals surface area contributed by atoms with Crippen LogP contribution in [0, 0.1) is 5.92 Å². The van der Waals surface area contributed by atoms with E-state index in [1.807, 2.05) is 30.3 Å². The zero-order chi connectivity index (χ0) is 15.2. The molecule has 0 unspecified atom stereocenters. The van der Waals surface area contributed by atoms with E-state index in [9.17, 15) is 5.11 Å². The van der Waals surface area contributed by atoms with Gasteiger partial charge in [0.1, 0.15) is 0 Å². The topological polar surface area (TPSA) is 46.2 Å². The maximum atomic E-state index is 10.3. The van der Waals surface area contributed by atoms with Crippen LogP contribution in [0.5, 0.6) is 0 Å². The first kappa shape index (κ1) is 15.7. The number of nitrogens with two attached hydrogens (primary N) is 1. The van der Waals surface area contributed by atoms with Crippen LogP contribution in [0.1, 0.15) is 38.3 Å². The first-order chi connectivity index (χ1) is 10.1. The average molecular weight is 283 g/mol. The molecule has 0 amide bonds. The largest absolute Gasteiger partial charge is 0.391 e. The van der Waals surface area contributed by atoms with E-state index < -0.39 is 6.10 Å². The van der Waals surface area contributed by atoms with Gasteiger partial charge in [-0.1, -0.05) is 62.4 Å². The molecule has 2 aromatic rings. The summed E-state index contributed by atoms with van der Waals surface area (Å²) in [5, 5.41) is 10.3. The van der Waals surface area contributed by atoms with Crippen molar-refractivity contribution >= 4 is 0 Å². The van der Waals surface area contributed by atoms with E-state index in [1.54, 1.807) is 0 Å². The van der Waals surface area contributed by atoms with Gasteiger partial charge in [-0.2, -0.15) is 0 Å². The van der Waals surface area contributed by atoms with Crippen molar-refractivity contribution in [3.63, 3.8) is 0 Å². The van der Waals surface area contributed by atoms with Crippen LogP contribution in [0.25, 0.3) is 11.1 Å². The highest BCUT2D eigenvalue weighted by Crippen LogP contribution is 2.25. The second-order valence-corrected chi connectivity index (χ2v) is 6.06. The van der Waals surface area contributed by atoms with Crippen LogP contribution in [-0.4, -0.2) is 11.2 Å². The monoisotopic (exact) mass is 283 g/mol. The zero-order valence-electron chi connectivity index (χ0n) is 12.9. The molecule has 0 saturated carbocycles. The molecule has 0 bridgehead atoms. The highest BCUT2D eigenvalue weighted by atomic mass is 16.3. The number of hydrogen-bond donors (Lipinski definition) is 2. The summed E-state index contributed by atoms with van der Waals surface area (Å²) < 4.78 is 0. The first-order valence-corrected chi connectivity index (χ1v) is 7.67. The van der Waals surface area contributed by atoms with Gasteiger partial charge in [-0.15, -0.1) is 0 Å². The van der Waals surface area contributed by atoms with Crippen LogP contribution < -0.4 is 5.73 Å². The summed E-state index contributed by atoms with van der Waals surface area (Å²) in [6.07, 6.45) is 1.25. The van der Waals surface area contributed by atoms with Crippen LogP contribution in [0.15, 0.2) is 54.6 Å². The molecule has 0 spiro atoms. The number of benzene rings is 2.